The second-order valence-electron chi connectivity index (χ2n) is 5.39. The van der Waals surface area contributed by atoms with Crippen molar-refractivity contribution in [2.75, 3.05) is 5.32 Å². The Balaban J connectivity index is 2.62. The van der Waals surface area contributed by atoms with E-state index in [1.165, 1.54) is 12.1 Å². The molecule has 0 aliphatic carbocycles. The van der Waals surface area contributed by atoms with E-state index in [0.717, 1.165) is 0 Å². The molecule has 100 valence electrons. The first kappa shape index (κ1) is 14.8. The number of rotatable bonds is 3. The van der Waals surface area contributed by atoms with Crippen molar-refractivity contribution in [3.8, 4) is 5.75 Å². The molecule has 5 heteroatoms. The van der Waals surface area contributed by atoms with E-state index in [2.05, 4.69) is 5.32 Å². The zero-order valence-corrected chi connectivity index (χ0v) is 11.6. The molecule has 0 aliphatic heterocycles. The van der Waals surface area contributed by atoms with Crippen molar-refractivity contribution in [1.82, 2.24) is 0 Å². The largest absolute Gasteiger partial charge is 0.506 e. The van der Waals surface area contributed by atoms with Gasteiger partial charge in [0.2, 0.25) is 5.91 Å². The van der Waals surface area contributed by atoms with Crippen LogP contribution in [0.25, 0.3) is 0 Å². The monoisotopic (exact) mass is 270 g/mol. The number of nitrogens with two attached hydrogens (primary N) is 1. The molecule has 1 rings (SSSR count). The molecule has 1 aromatic rings. The lowest BCUT2D eigenvalue weighted by atomic mass is 9.85. The number of phenolic OH excluding ortho intramolecular Hbond substituents is 1. The van der Waals surface area contributed by atoms with Crippen LogP contribution in [0.15, 0.2) is 18.2 Å². The maximum atomic E-state index is 11.8. The molecule has 1 atom stereocenters. The minimum atomic E-state index is -0.218. The van der Waals surface area contributed by atoms with E-state index in [0.29, 0.717) is 5.69 Å². The highest BCUT2D eigenvalue weighted by molar-refractivity contribution is 6.32. The summed E-state index contributed by atoms with van der Waals surface area (Å²) < 4.78 is 0. The molecule has 1 amide bonds. The van der Waals surface area contributed by atoms with Crippen LogP contribution in [-0.2, 0) is 4.79 Å². The predicted molar refractivity (Wildman–Crippen MR) is 73.8 cm³/mol. The lowest BCUT2D eigenvalue weighted by molar-refractivity contribution is -0.117. The molecule has 0 spiro atoms. The van der Waals surface area contributed by atoms with E-state index in [1.54, 1.807) is 6.07 Å². The number of carbonyl (C=O) groups excluding carboxylic acids is 1. The Morgan fingerprint density at radius 1 is 1.50 bits per heavy atom. The smallest absolute Gasteiger partial charge is 0.225 e. The highest BCUT2D eigenvalue weighted by atomic mass is 35.5. The van der Waals surface area contributed by atoms with Crippen LogP contribution < -0.4 is 11.1 Å². The Kier molecular flexibility index (Phi) is 4.59. The van der Waals surface area contributed by atoms with Gasteiger partial charge >= 0.3 is 0 Å². The number of aromatic hydroxyl groups is 1. The molecule has 0 heterocycles. The van der Waals surface area contributed by atoms with Crippen LogP contribution in [-0.4, -0.2) is 17.1 Å². The summed E-state index contributed by atoms with van der Waals surface area (Å²) in [5.74, 6) is -0.180. The van der Waals surface area contributed by atoms with Gasteiger partial charge in [-0.15, -0.1) is 0 Å². The standard InChI is InChI=1S/C13H19ClN2O2/c1-13(2,3)11(15)7-12(18)16-8-4-5-10(17)9(14)6-8/h4-6,11,17H,7,15H2,1-3H3,(H,16,18). The Morgan fingerprint density at radius 2 is 2.11 bits per heavy atom. The van der Waals surface area contributed by atoms with Crippen LogP contribution in [0.1, 0.15) is 27.2 Å². The molecule has 4 nitrogen and oxygen atoms in total. The normalized spacial score (nSPS) is 13.2. The molecule has 0 saturated heterocycles. The van der Waals surface area contributed by atoms with Crippen LogP contribution in [0, 0.1) is 5.41 Å². The maximum absolute atomic E-state index is 11.8. The van der Waals surface area contributed by atoms with E-state index >= 15 is 0 Å². The number of nitrogens with one attached hydrogen (secondary N) is 1. The summed E-state index contributed by atoms with van der Waals surface area (Å²) in [4.78, 5) is 11.8. The number of halogens is 1. The van der Waals surface area contributed by atoms with Gasteiger partial charge in [0.15, 0.2) is 0 Å². The molecule has 0 radical (unpaired) electrons. The van der Waals surface area contributed by atoms with Crippen LogP contribution in [0.4, 0.5) is 5.69 Å². The molecule has 1 aromatic carbocycles. The molecule has 0 fully saturated rings. The Hall–Kier alpha value is -1.26. The summed E-state index contributed by atoms with van der Waals surface area (Å²) in [6.07, 6.45) is 0.238. The zero-order chi connectivity index (χ0) is 13.9. The molecule has 0 aliphatic rings. The average molecular weight is 271 g/mol. The Morgan fingerprint density at radius 3 is 2.61 bits per heavy atom. The van der Waals surface area contributed by atoms with Crippen molar-refractivity contribution >= 4 is 23.2 Å². The third kappa shape index (κ3) is 4.20. The zero-order valence-electron chi connectivity index (χ0n) is 10.8. The number of hydrogen-bond acceptors (Lipinski definition) is 3. The van der Waals surface area contributed by atoms with Gasteiger partial charge in [-0.2, -0.15) is 0 Å². The SMILES string of the molecule is CC(C)(C)C(N)CC(=O)Nc1ccc(O)c(Cl)c1. The molecule has 0 saturated carbocycles. The van der Waals surface area contributed by atoms with E-state index in [4.69, 9.17) is 17.3 Å². The molecule has 4 N–H and O–H groups in total. The minimum Gasteiger partial charge on any atom is -0.506 e. The highest BCUT2D eigenvalue weighted by Gasteiger charge is 2.23. The second-order valence-corrected chi connectivity index (χ2v) is 5.80. The first-order chi connectivity index (χ1) is 8.20. The summed E-state index contributed by atoms with van der Waals surface area (Å²) in [5.41, 5.74) is 6.36. The Labute approximate surface area is 112 Å². The number of hydrogen-bond donors (Lipinski definition) is 3. The lowest BCUT2D eigenvalue weighted by Gasteiger charge is -2.26. The quantitative estimate of drug-likeness (QED) is 0.739. The molecular weight excluding hydrogens is 252 g/mol. The van der Waals surface area contributed by atoms with Gasteiger partial charge in [0.25, 0.3) is 0 Å². The van der Waals surface area contributed by atoms with Crippen molar-refractivity contribution in [2.24, 2.45) is 11.1 Å². The average Bonchev–Trinajstić information content (AvgIpc) is 2.22. The van der Waals surface area contributed by atoms with Gasteiger partial charge in [0, 0.05) is 18.2 Å². The van der Waals surface area contributed by atoms with E-state index in [1.807, 2.05) is 20.8 Å². The molecule has 1 unspecified atom stereocenters. The van der Waals surface area contributed by atoms with E-state index < -0.39 is 0 Å². The van der Waals surface area contributed by atoms with Gasteiger partial charge in [-0.1, -0.05) is 32.4 Å². The highest BCUT2D eigenvalue weighted by Crippen LogP contribution is 2.26. The van der Waals surface area contributed by atoms with Crippen molar-refractivity contribution < 1.29 is 9.90 Å². The minimum absolute atomic E-state index is 0.0129. The van der Waals surface area contributed by atoms with Gasteiger partial charge in [-0.05, 0) is 23.6 Å². The predicted octanol–water partition coefficient (Wildman–Crippen LogP) is 2.75. The summed E-state index contributed by atoms with van der Waals surface area (Å²) in [6, 6.07) is 4.30. The fourth-order valence-electron chi connectivity index (χ4n) is 1.30. The fraction of sp³-hybridized carbons (Fsp3) is 0.462. The Bertz CT molecular complexity index is 441. The molecular formula is C13H19ClN2O2. The molecule has 0 bridgehead atoms. The fourth-order valence-corrected chi connectivity index (χ4v) is 1.48. The molecule has 18 heavy (non-hydrogen) atoms. The number of phenols is 1. The number of carbonyl (C=O) groups is 1. The first-order valence-electron chi connectivity index (χ1n) is 5.74. The van der Waals surface area contributed by atoms with Crippen LogP contribution in [0.5, 0.6) is 5.75 Å². The van der Waals surface area contributed by atoms with E-state index in [-0.39, 0.29) is 34.6 Å². The number of benzene rings is 1. The van der Waals surface area contributed by atoms with Crippen molar-refractivity contribution in [2.45, 2.75) is 33.2 Å². The van der Waals surface area contributed by atoms with Gasteiger partial charge in [0.05, 0.1) is 5.02 Å². The van der Waals surface area contributed by atoms with Crippen LogP contribution in [0.2, 0.25) is 5.02 Å². The summed E-state index contributed by atoms with van der Waals surface area (Å²) >= 11 is 5.75. The third-order valence-electron chi connectivity index (χ3n) is 2.75. The van der Waals surface area contributed by atoms with Gasteiger partial charge in [-0.3, -0.25) is 4.79 Å². The molecule has 0 aromatic heterocycles. The van der Waals surface area contributed by atoms with E-state index in [9.17, 15) is 9.90 Å². The topological polar surface area (TPSA) is 75.4 Å². The van der Waals surface area contributed by atoms with Crippen molar-refractivity contribution in [3.63, 3.8) is 0 Å². The third-order valence-corrected chi connectivity index (χ3v) is 3.05. The second kappa shape index (κ2) is 5.59. The summed E-state index contributed by atoms with van der Waals surface area (Å²) in [6.45, 7) is 5.97. The van der Waals surface area contributed by atoms with Crippen LogP contribution in [0.3, 0.4) is 0 Å². The summed E-state index contributed by atoms with van der Waals surface area (Å²) in [5, 5.41) is 12.2. The summed E-state index contributed by atoms with van der Waals surface area (Å²) in [7, 11) is 0. The van der Waals surface area contributed by atoms with Crippen molar-refractivity contribution in [3.05, 3.63) is 23.2 Å². The van der Waals surface area contributed by atoms with Gasteiger partial charge < -0.3 is 16.2 Å². The first-order valence-corrected chi connectivity index (χ1v) is 6.12. The van der Waals surface area contributed by atoms with Crippen molar-refractivity contribution in [1.29, 1.82) is 0 Å². The number of anilines is 1. The van der Waals surface area contributed by atoms with Gasteiger partial charge in [0.1, 0.15) is 5.75 Å². The number of amides is 1. The van der Waals surface area contributed by atoms with Gasteiger partial charge in [-0.25, -0.2) is 0 Å². The van der Waals surface area contributed by atoms with Crippen LogP contribution >= 0.6 is 11.6 Å². The maximum Gasteiger partial charge on any atom is 0.225 e. The lowest BCUT2D eigenvalue weighted by Crippen LogP contribution is -2.38.